The SMILES string of the molecule is COc1ccc(C)cc1NC(=O)C(Sc1nnc(-c2ccccc2Cl)n1C)c1ccccc1. The Morgan fingerprint density at radius 2 is 1.79 bits per heavy atom. The maximum absolute atomic E-state index is 13.5. The highest BCUT2D eigenvalue weighted by atomic mass is 35.5. The van der Waals surface area contributed by atoms with Crippen molar-refractivity contribution >= 4 is 35.0 Å². The molecule has 0 saturated heterocycles. The van der Waals surface area contributed by atoms with Crippen molar-refractivity contribution in [2.24, 2.45) is 7.05 Å². The molecule has 1 unspecified atom stereocenters. The minimum absolute atomic E-state index is 0.183. The number of amides is 1. The molecule has 6 nitrogen and oxygen atoms in total. The monoisotopic (exact) mass is 478 g/mol. The number of nitrogens with one attached hydrogen (secondary N) is 1. The number of methoxy groups -OCH3 is 1. The lowest BCUT2D eigenvalue weighted by molar-refractivity contribution is -0.115. The zero-order chi connectivity index (χ0) is 23.4. The van der Waals surface area contributed by atoms with Crippen LogP contribution in [0.3, 0.4) is 0 Å². The van der Waals surface area contributed by atoms with Gasteiger partial charge in [0, 0.05) is 12.6 Å². The molecular weight excluding hydrogens is 456 g/mol. The zero-order valence-corrected chi connectivity index (χ0v) is 20.0. The third kappa shape index (κ3) is 5.05. The first-order valence-electron chi connectivity index (χ1n) is 10.3. The average Bonchev–Trinajstić information content (AvgIpc) is 3.18. The standard InChI is InChI=1S/C25H23ClN4O2S/c1-16-13-14-21(32-3)20(15-16)27-24(31)22(17-9-5-4-6-10-17)33-25-29-28-23(30(25)2)18-11-7-8-12-19(18)26/h4-15,22H,1-3H3,(H,27,31). The molecule has 0 radical (unpaired) electrons. The third-order valence-electron chi connectivity index (χ3n) is 5.13. The first kappa shape index (κ1) is 22.9. The second-order valence-electron chi connectivity index (χ2n) is 7.45. The summed E-state index contributed by atoms with van der Waals surface area (Å²) in [6, 6.07) is 22.7. The van der Waals surface area contributed by atoms with E-state index < -0.39 is 5.25 Å². The number of benzene rings is 3. The van der Waals surface area contributed by atoms with Crippen LogP contribution in [0.4, 0.5) is 5.69 Å². The molecule has 8 heteroatoms. The van der Waals surface area contributed by atoms with Gasteiger partial charge in [-0.05, 0) is 42.3 Å². The van der Waals surface area contributed by atoms with Gasteiger partial charge in [0.15, 0.2) is 11.0 Å². The molecule has 0 fully saturated rings. The zero-order valence-electron chi connectivity index (χ0n) is 18.4. The van der Waals surface area contributed by atoms with Crippen molar-refractivity contribution in [2.45, 2.75) is 17.3 Å². The fourth-order valence-electron chi connectivity index (χ4n) is 3.42. The molecule has 0 bridgehead atoms. The smallest absolute Gasteiger partial charge is 0.242 e. The Morgan fingerprint density at radius 3 is 2.52 bits per heavy atom. The second-order valence-corrected chi connectivity index (χ2v) is 8.93. The summed E-state index contributed by atoms with van der Waals surface area (Å²) in [6.07, 6.45) is 0. The molecule has 168 valence electrons. The molecule has 3 aromatic carbocycles. The molecule has 1 amide bonds. The van der Waals surface area contributed by atoms with E-state index >= 15 is 0 Å². The predicted molar refractivity (Wildman–Crippen MR) is 133 cm³/mol. The third-order valence-corrected chi connectivity index (χ3v) is 6.74. The molecule has 4 aromatic rings. The number of carbonyl (C=O) groups excluding carboxylic acids is 1. The molecule has 33 heavy (non-hydrogen) atoms. The minimum atomic E-state index is -0.557. The molecule has 1 aromatic heterocycles. The van der Waals surface area contributed by atoms with E-state index in [9.17, 15) is 4.79 Å². The summed E-state index contributed by atoms with van der Waals surface area (Å²) < 4.78 is 7.28. The summed E-state index contributed by atoms with van der Waals surface area (Å²) in [6.45, 7) is 1.97. The lowest BCUT2D eigenvalue weighted by atomic mass is 10.1. The normalized spacial score (nSPS) is 11.8. The maximum atomic E-state index is 13.5. The van der Waals surface area contributed by atoms with Crippen LogP contribution in [0, 0.1) is 6.92 Å². The van der Waals surface area contributed by atoms with E-state index in [0.717, 1.165) is 16.7 Å². The van der Waals surface area contributed by atoms with Crippen LogP contribution in [0.5, 0.6) is 5.75 Å². The van der Waals surface area contributed by atoms with Crippen molar-refractivity contribution in [1.82, 2.24) is 14.8 Å². The fraction of sp³-hybridized carbons (Fsp3) is 0.160. The molecule has 0 saturated carbocycles. The predicted octanol–water partition coefficient (Wildman–Crippen LogP) is 5.92. The highest BCUT2D eigenvalue weighted by Gasteiger charge is 2.26. The Kier molecular flexibility index (Phi) is 7.01. The van der Waals surface area contributed by atoms with Crippen LogP contribution in [0.15, 0.2) is 78.0 Å². The molecule has 1 heterocycles. The van der Waals surface area contributed by atoms with Gasteiger partial charge in [0.25, 0.3) is 0 Å². The van der Waals surface area contributed by atoms with Crippen LogP contribution in [-0.4, -0.2) is 27.8 Å². The topological polar surface area (TPSA) is 69.0 Å². The van der Waals surface area contributed by atoms with E-state index in [1.54, 1.807) is 7.11 Å². The number of anilines is 1. The summed E-state index contributed by atoms with van der Waals surface area (Å²) >= 11 is 7.69. The van der Waals surface area contributed by atoms with Gasteiger partial charge in [-0.2, -0.15) is 0 Å². The molecule has 1 N–H and O–H groups in total. The number of hydrogen-bond donors (Lipinski definition) is 1. The number of hydrogen-bond acceptors (Lipinski definition) is 5. The lowest BCUT2D eigenvalue weighted by Gasteiger charge is -2.18. The molecule has 1 atom stereocenters. The van der Waals surface area contributed by atoms with E-state index in [0.29, 0.717) is 27.4 Å². The van der Waals surface area contributed by atoms with Crippen molar-refractivity contribution in [3.63, 3.8) is 0 Å². The van der Waals surface area contributed by atoms with E-state index in [1.165, 1.54) is 11.8 Å². The van der Waals surface area contributed by atoms with E-state index in [2.05, 4.69) is 15.5 Å². The first-order valence-corrected chi connectivity index (χ1v) is 11.5. The molecule has 0 aliphatic heterocycles. The summed E-state index contributed by atoms with van der Waals surface area (Å²) in [7, 11) is 3.45. The van der Waals surface area contributed by atoms with Gasteiger partial charge in [0.2, 0.25) is 5.91 Å². The minimum Gasteiger partial charge on any atom is -0.495 e. The molecule has 0 aliphatic rings. The second kappa shape index (κ2) is 10.1. The Labute approximate surface area is 202 Å². The van der Waals surface area contributed by atoms with Gasteiger partial charge in [-0.15, -0.1) is 10.2 Å². The molecule has 4 rings (SSSR count). The van der Waals surface area contributed by atoms with Gasteiger partial charge in [-0.1, -0.05) is 71.9 Å². The summed E-state index contributed by atoms with van der Waals surface area (Å²) in [5.74, 6) is 1.05. The Bertz CT molecular complexity index is 1280. The molecule has 0 spiro atoms. The average molecular weight is 479 g/mol. The number of carbonyl (C=O) groups is 1. The number of nitrogens with zero attached hydrogens (tertiary/aromatic N) is 3. The number of ether oxygens (including phenoxy) is 1. The Morgan fingerprint density at radius 1 is 1.06 bits per heavy atom. The van der Waals surface area contributed by atoms with Crippen molar-refractivity contribution in [3.05, 3.63) is 88.9 Å². The summed E-state index contributed by atoms with van der Waals surface area (Å²) in [4.78, 5) is 13.5. The van der Waals surface area contributed by atoms with E-state index in [1.807, 2.05) is 91.3 Å². The van der Waals surface area contributed by atoms with Gasteiger partial charge in [0.1, 0.15) is 11.0 Å². The van der Waals surface area contributed by atoms with Crippen LogP contribution in [0.1, 0.15) is 16.4 Å². The number of aryl methyl sites for hydroxylation is 1. The van der Waals surface area contributed by atoms with Gasteiger partial charge >= 0.3 is 0 Å². The largest absolute Gasteiger partial charge is 0.495 e. The van der Waals surface area contributed by atoms with Crippen molar-refractivity contribution in [2.75, 3.05) is 12.4 Å². The number of aromatic nitrogens is 3. The van der Waals surface area contributed by atoms with E-state index in [4.69, 9.17) is 16.3 Å². The molecular formula is C25H23ClN4O2S. The van der Waals surface area contributed by atoms with Crippen molar-refractivity contribution in [3.8, 4) is 17.1 Å². The van der Waals surface area contributed by atoms with Crippen LogP contribution < -0.4 is 10.1 Å². The van der Waals surface area contributed by atoms with Crippen LogP contribution in [-0.2, 0) is 11.8 Å². The van der Waals surface area contributed by atoms with Gasteiger partial charge in [0.05, 0.1) is 17.8 Å². The van der Waals surface area contributed by atoms with Crippen LogP contribution in [0.25, 0.3) is 11.4 Å². The Hall–Kier alpha value is -3.29. The van der Waals surface area contributed by atoms with Gasteiger partial charge in [-0.25, -0.2) is 0 Å². The Balaban J connectivity index is 1.67. The van der Waals surface area contributed by atoms with E-state index in [-0.39, 0.29) is 5.91 Å². The quantitative estimate of drug-likeness (QED) is 0.334. The number of thioether (sulfide) groups is 1. The van der Waals surface area contributed by atoms with Crippen LogP contribution in [0.2, 0.25) is 5.02 Å². The summed E-state index contributed by atoms with van der Waals surface area (Å²) in [5.41, 5.74) is 3.28. The van der Waals surface area contributed by atoms with Crippen molar-refractivity contribution < 1.29 is 9.53 Å². The maximum Gasteiger partial charge on any atom is 0.242 e. The highest BCUT2D eigenvalue weighted by Crippen LogP contribution is 2.38. The molecule has 0 aliphatic carbocycles. The fourth-order valence-corrected chi connectivity index (χ4v) is 4.64. The highest BCUT2D eigenvalue weighted by molar-refractivity contribution is 8.00. The number of halogens is 1. The number of rotatable bonds is 7. The first-order chi connectivity index (χ1) is 16.0. The lowest BCUT2D eigenvalue weighted by Crippen LogP contribution is -2.20. The summed E-state index contributed by atoms with van der Waals surface area (Å²) in [5, 5.41) is 12.3. The van der Waals surface area contributed by atoms with Gasteiger partial charge < -0.3 is 14.6 Å². The van der Waals surface area contributed by atoms with Gasteiger partial charge in [-0.3, -0.25) is 4.79 Å². The van der Waals surface area contributed by atoms with Crippen molar-refractivity contribution in [1.29, 1.82) is 0 Å². The van der Waals surface area contributed by atoms with Crippen LogP contribution >= 0.6 is 23.4 Å².